The highest BCUT2D eigenvalue weighted by Gasteiger charge is 2.07. The molecule has 0 aliphatic rings. The molecule has 2 N–H and O–H groups in total. The lowest BCUT2D eigenvalue weighted by Gasteiger charge is -2.06. The van der Waals surface area contributed by atoms with Crippen LogP contribution in [-0.2, 0) is 6.42 Å². The molecule has 0 aliphatic carbocycles. The highest BCUT2D eigenvalue weighted by molar-refractivity contribution is 9.10. The third-order valence-electron chi connectivity index (χ3n) is 1.98. The summed E-state index contributed by atoms with van der Waals surface area (Å²) in [5.41, 5.74) is 6.85. The van der Waals surface area contributed by atoms with Crippen LogP contribution in [0.1, 0.15) is 5.56 Å². The average Bonchev–Trinajstić information content (AvgIpc) is 2.75. The topological polar surface area (TPSA) is 51.8 Å². The van der Waals surface area contributed by atoms with Gasteiger partial charge in [-0.05, 0) is 42.2 Å². The summed E-state index contributed by atoms with van der Waals surface area (Å²) in [6.07, 6.45) is 2.46. The maximum absolute atomic E-state index is 5.59. The van der Waals surface area contributed by atoms with Crippen LogP contribution in [0.3, 0.4) is 0 Å². The van der Waals surface area contributed by atoms with Gasteiger partial charge in [0.05, 0.1) is 0 Å². The highest BCUT2D eigenvalue weighted by atomic mass is 79.9. The van der Waals surface area contributed by atoms with E-state index in [9.17, 15) is 0 Å². The van der Waals surface area contributed by atoms with Crippen molar-refractivity contribution in [3.63, 3.8) is 0 Å². The number of hydrogen-bond acceptors (Lipinski definition) is 5. The van der Waals surface area contributed by atoms with Gasteiger partial charge >= 0.3 is 0 Å². The normalized spacial score (nSPS) is 10.6. The van der Waals surface area contributed by atoms with E-state index in [4.69, 9.17) is 5.73 Å². The molecule has 2 aromatic rings. The number of nitrogens with zero attached hydrogens (tertiary/aromatic N) is 2. The van der Waals surface area contributed by atoms with Crippen molar-refractivity contribution in [1.82, 2.24) is 9.36 Å². The van der Waals surface area contributed by atoms with E-state index in [1.165, 1.54) is 22.0 Å². The fraction of sp³-hybridized carbons (Fsp3) is 0.200. The van der Waals surface area contributed by atoms with Crippen LogP contribution in [0.4, 0.5) is 0 Å². The van der Waals surface area contributed by atoms with Crippen LogP contribution in [0.5, 0.6) is 0 Å². The van der Waals surface area contributed by atoms with Crippen molar-refractivity contribution in [1.29, 1.82) is 0 Å². The second-order valence-corrected chi connectivity index (χ2v) is 6.08. The summed E-state index contributed by atoms with van der Waals surface area (Å²) >= 11 is 6.51. The van der Waals surface area contributed by atoms with Gasteiger partial charge in [0, 0.05) is 9.37 Å². The van der Waals surface area contributed by atoms with Crippen molar-refractivity contribution < 1.29 is 0 Å². The van der Waals surface area contributed by atoms with Gasteiger partial charge in [-0.15, -0.1) is 0 Å². The molecule has 0 fully saturated rings. The molecule has 1 aromatic carbocycles. The highest BCUT2D eigenvalue weighted by Crippen LogP contribution is 2.33. The SMILES string of the molecule is NCCc1ccc(Br)cc1Sc1ncns1. The molecule has 1 heterocycles. The first kappa shape index (κ1) is 12.0. The van der Waals surface area contributed by atoms with E-state index in [0.717, 1.165) is 15.2 Å². The summed E-state index contributed by atoms with van der Waals surface area (Å²) < 4.78 is 6.01. The second kappa shape index (κ2) is 5.77. The Hall–Kier alpha value is -0.430. The molecule has 0 spiro atoms. The van der Waals surface area contributed by atoms with Crippen LogP contribution in [0, 0.1) is 0 Å². The fourth-order valence-corrected chi connectivity index (χ4v) is 3.40. The first-order chi connectivity index (χ1) is 7.79. The third kappa shape index (κ3) is 3.04. The van der Waals surface area contributed by atoms with Gasteiger partial charge in [0.1, 0.15) is 6.33 Å². The Bertz CT molecular complexity index is 459. The van der Waals surface area contributed by atoms with Gasteiger partial charge in [0.25, 0.3) is 0 Å². The van der Waals surface area contributed by atoms with E-state index in [1.807, 2.05) is 6.07 Å². The predicted molar refractivity (Wildman–Crippen MR) is 70.9 cm³/mol. The summed E-state index contributed by atoms with van der Waals surface area (Å²) in [5, 5.41) is 0. The molecule has 0 aliphatic heterocycles. The Morgan fingerprint density at radius 2 is 2.31 bits per heavy atom. The molecule has 0 atom stereocenters. The van der Waals surface area contributed by atoms with Crippen molar-refractivity contribution >= 4 is 39.2 Å². The van der Waals surface area contributed by atoms with E-state index in [2.05, 4.69) is 37.4 Å². The number of hydrogen-bond donors (Lipinski definition) is 1. The number of aromatic nitrogens is 2. The molecule has 1 aromatic heterocycles. The molecular weight excluding hydrogens is 306 g/mol. The molecule has 0 amide bonds. The minimum Gasteiger partial charge on any atom is -0.330 e. The first-order valence-corrected chi connectivity index (χ1v) is 7.11. The molecule has 3 nitrogen and oxygen atoms in total. The molecule has 6 heteroatoms. The van der Waals surface area contributed by atoms with Gasteiger partial charge in [-0.25, -0.2) is 4.98 Å². The van der Waals surface area contributed by atoms with Crippen LogP contribution < -0.4 is 5.73 Å². The molecule has 0 saturated carbocycles. The van der Waals surface area contributed by atoms with Crippen molar-refractivity contribution in [3.8, 4) is 0 Å². The third-order valence-corrected chi connectivity index (χ3v) is 4.29. The zero-order chi connectivity index (χ0) is 11.4. The Balaban J connectivity index is 2.26. The quantitative estimate of drug-likeness (QED) is 0.942. The lowest BCUT2D eigenvalue weighted by Crippen LogP contribution is -2.03. The van der Waals surface area contributed by atoms with E-state index in [0.29, 0.717) is 6.54 Å². The molecule has 0 bridgehead atoms. The number of halogens is 1. The molecule has 0 radical (unpaired) electrons. The van der Waals surface area contributed by atoms with Crippen molar-refractivity contribution in [2.24, 2.45) is 5.73 Å². The lowest BCUT2D eigenvalue weighted by atomic mass is 10.1. The first-order valence-electron chi connectivity index (χ1n) is 4.72. The molecule has 16 heavy (non-hydrogen) atoms. The lowest BCUT2D eigenvalue weighted by molar-refractivity contribution is 0.943. The smallest absolute Gasteiger partial charge is 0.174 e. The molecule has 84 valence electrons. The van der Waals surface area contributed by atoms with Crippen LogP contribution in [-0.4, -0.2) is 15.9 Å². The van der Waals surface area contributed by atoms with Gasteiger partial charge in [-0.2, -0.15) is 4.37 Å². The fourth-order valence-electron chi connectivity index (χ4n) is 1.29. The van der Waals surface area contributed by atoms with Crippen LogP contribution in [0.2, 0.25) is 0 Å². The van der Waals surface area contributed by atoms with Crippen LogP contribution >= 0.6 is 39.2 Å². The standard InChI is InChI=1S/C10H10BrN3S2/c11-8-2-1-7(3-4-12)9(5-8)15-10-13-6-14-16-10/h1-2,5-6H,3-4,12H2. The summed E-state index contributed by atoms with van der Waals surface area (Å²) in [7, 11) is 0. The largest absolute Gasteiger partial charge is 0.330 e. The molecule has 0 unspecified atom stereocenters. The summed E-state index contributed by atoms with van der Waals surface area (Å²) in [6, 6.07) is 6.23. The van der Waals surface area contributed by atoms with Gasteiger partial charge in [-0.3, -0.25) is 0 Å². The van der Waals surface area contributed by atoms with Crippen LogP contribution in [0.25, 0.3) is 0 Å². The van der Waals surface area contributed by atoms with Crippen molar-refractivity contribution in [2.45, 2.75) is 15.7 Å². The number of nitrogens with two attached hydrogens (primary N) is 1. The summed E-state index contributed by atoms with van der Waals surface area (Å²) in [6.45, 7) is 0.658. The summed E-state index contributed by atoms with van der Waals surface area (Å²) in [4.78, 5) is 5.36. The van der Waals surface area contributed by atoms with E-state index in [1.54, 1.807) is 18.1 Å². The second-order valence-electron chi connectivity index (χ2n) is 3.10. The van der Waals surface area contributed by atoms with E-state index in [-0.39, 0.29) is 0 Å². The average molecular weight is 316 g/mol. The van der Waals surface area contributed by atoms with E-state index >= 15 is 0 Å². The Labute approximate surface area is 111 Å². The van der Waals surface area contributed by atoms with E-state index < -0.39 is 0 Å². The zero-order valence-corrected chi connectivity index (χ0v) is 11.6. The summed E-state index contributed by atoms with van der Waals surface area (Å²) in [5.74, 6) is 0. The Morgan fingerprint density at radius 3 is 3.00 bits per heavy atom. The van der Waals surface area contributed by atoms with Crippen LogP contribution in [0.15, 0.2) is 38.2 Å². The zero-order valence-electron chi connectivity index (χ0n) is 8.39. The molecular formula is C10H10BrN3S2. The molecule has 2 rings (SSSR count). The number of benzene rings is 1. The minimum absolute atomic E-state index is 0.658. The Kier molecular flexibility index (Phi) is 4.34. The van der Waals surface area contributed by atoms with Gasteiger partial charge in [0.15, 0.2) is 4.34 Å². The van der Waals surface area contributed by atoms with Gasteiger partial charge in [-0.1, -0.05) is 33.8 Å². The van der Waals surface area contributed by atoms with Crippen molar-refractivity contribution in [2.75, 3.05) is 6.54 Å². The predicted octanol–water partition coefficient (Wildman–Crippen LogP) is 2.95. The van der Waals surface area contributed by atoms with Gasteiger partial charge < -0.3 is 5.73 Å². The van der Waals surface area contributed by atoms with Crippen molar-refractivity contribution in [3.05, 3.63) is 34.6 Å². The Morgan fingerprint density at radius 1 is 1.44 bits per heavy atom. The molecule has 0 saturated heterocycles. The van der Waals surface area contributed by atoms with Gasteiger partial charge in [0.2, 0.25) is 0 Å². The monoisotopic (exact) mass is 315 g/mol. The maximum Gasteiger partial charge on any atom is 0.174 e. The maximum atomic E-state index is 5.59. The number of rotatable bonds is 4. The minimum atomic E-state index is 0.658.